The van der Waals surface area contributed by atoms with E-state index in [1.165, 1.54) is 18.4 Å². The predicted octanol–water partition coefficient (Wildman–Crippen LogP) is 2.85. The van der Waals surface area contributed by atoms with Gasteiger partial charge in [-0.15, -0.1) is 0 Å². The molecule has 1 aromatic carbocycles. The van der Waals surface area contributed by atoms with Crippen LogP contribution < -0.4 is 14.8 Å². The summed E-state index contributed by atoms with van der Waals surface area (Å²) in [6.07, 6.45) is 4.38. The van der Waals surface area contributed by atoms with Gasteiger partial charge in [0.05, 0.1) is 12.8 Å². The first-order valence-corrected chi connectivity index (χ1v) is 9.39. The second-order valence-corrected chi connectivity index (χ2v) is 7.47. The highest BCUT2D eigenvalue weighted by Gasteiger charge is 2.40. The minimum absolute atomic E-state index is 0.480. The number of methoxy groups -OCH3 is 1. The van der Waals surface area contributed by atoms with E-state index in [2.05, 4.69) is 21.3 Å². The Hall–Kier alpha value is -2.11. The Balaban J connectivity index is 1.46. The summed E-state index contributed by atoms with van der Waals surface area (Å²) in [6.45, 7) is 6.01. The van der Waals surface area contributed by atoms with Crippen LogP contribution in [0.4, 0.5) is 0 Å². The van der Waals surface area contributed by atoms with Crippen LogP contribution in [0.5, 0.6) is 11.5 Å². The van der Waals surface area contributed by atoms with E-state index in [-0.39, 0.29) is 0 Å². The SMILES string of the molecule is COc1ccc(OCc2ccccn2)c(CN2CCC3(CCNC3)C2)c1. The number of nitrogens with one attached hydrogen (secondary N) is 1. The average Bonchev–Trinajstić information content (AvgIpc) is 3.31. The van der Waals surface area contributed by atoms with Crippen molar-refractivity contribution in [1.82, 2.24) is 15.2 Å². The summed E-state index contributed by atoms with van der Waals surface area (Å²) in [7, 11) is 1.71. The monoisotopic (exact) mass is 353 g/mol. The number of pyridine rings is 1. The maximum absolute atomic E-state index is 6.09. The lowest BCUT2D eigenvalue weighted by atomic mass is 9.86. The van der Waals surface area contributed by atoms with Gasteiger partial charge in [0.2, 0.25) is 0 Å². The third-order valence-electron chi connectivity index (χ3n) is 5.61. The van der Waals surface area contributed by atoms with Crippen molar-refractivity contribution in [3.05, 3.63) is 53.9 Å². The summed E-state index contributed by atoms with van der Waals surface area (Å²) >= 11 is 0. The number of aromatic nitrogens is 1. The van der Waals surface area contributed by atoms with Crippen molar-refractivity contribution in [3.63, 3.8) is 0 Å². The van der Waals surface area contributed by atoms with E-state index >= 15 is 0 Å². The van der Waals surface area contributed by atoms with Gasteiger partial charge in [-0.2, -0.15) is 0 Å². The smallest absolute Gasteiger partial charge is 0.130 e. The van der Waals surface area contributed by atoms with Crippen LogP contribution in [0.3, 0.4) is 0 Å². The molecule has 1 aromatic heterocycles. The lowest BCUT2D eigenvalue weighted by molar-refractivity contribution is 0.256. The molecule has 1 atom stereocenters. The van der Waals surface area contributed by atoms with Gasteiger partial charge >= 0.3 is 0 Å². The van der Waals surface area contributed by atoms with E-state index < -0.39 is 0 Å². The van der Waals surface area contributed by atoms with E-state index in [1.807, 2.05) is 30.3 Å². The summed E-state index contributed by atoms with van der Waals surface area (Å²) in [4.78, 5) is 6.89. The number of rotatable bonds is 6. The second-order valence-electron chi connectivity index (χ2n) is 7.47. The Labute approximate surface area is 155 Å². The number of likely N-dealkylation sites (tertiary alicyclic amines) is 1. The van der Waals surface area contributed by atoms with Crippen LogP contribution in [-0.4, -0.2) is 43.2 Å². The van der Waals surface area contributed by atoms with Crippen LogP contribution in [0.25, 0.3) is 0 Å². The molecule has 0 aliphatic carbocycles. The average molecular weight is 353 g/mol. The Bertz CT molecular complexity index is 729. The fraction of sp³-hybridized carbons (Fsp3) is 0.476. The normalized spacial score (nSPS) is 22.8. The van der Waals surface area contributed by atoms with Gasteiger partial charge in [-0.05, 0) is 61.7 Å². The molecule has 1 unspecified atom stereocenters. The topological polar surface area (TPSA) is 46.6 Å². The molecule has 0 saturated carbocycles. The van der Waals surface area contributed by atoms with Crippen LogP contribution in [-0.2, 0) is 13.2 Å². The van der Waals surface area contributed by atoms with Gasteiger partial charge in [0, 0.05) is 31.4 Å². The standard InChI is InChI=1S/C21H27N3O2/c1-25-19-5-6-20(26-14-18-4-2-3-9-23-18)17(12-19)13-24-11-8-21(16-24)7-10-22-15-21/h2-6,9,12,22H,7-8,10-11,13-16H2,1H3. The first-order valence-electron chi connectivity index (χ1n) is 9.39. The van der Waals surface area contributed by atoms with E-state index in [0.717, 1.165) is 49.9 Å². The zero-order valence-electron chi connectivity index (χ0n) is 15.4. The van der Waals surface area contributed by atoms with Crippen LogP contribution in [0.15, 0.2) is 42.6 Å². The van der Waals surface area contributed by atoms with E-state index in [9.17, 15) is 0 Å². The van der Waals surface area contributed by atoms with Gasteiger partial charge in [-0.25, -0.2) is 0 Å². The van der Waals surface area contributed by atoms with Crippen molar-refractivity contribution in [2.75, 3.05) is 33.3 Å². The molecule has 5 nitrogen and oxygen atoms in total. The number of nitrogens with zero attached hydrogens (tertiary/aromatic N) is 2. The van der Waals surface area contributed by atoms with E-state index in [1.54, 1.807) is 13.3 Å². The summed E-state index contributed by atoms with van der Waals surface area (Å²) in [5.74, 6) is 1.79. The number of benzene rings is 1. The third kappa shape index (κ3) is 3.84. The van der Waals surface area contributed by atoms with Gasteiger partial charge in [-0.1, -0.05) is 6.07 Å². The van der Waals surface area contributed by atoms with Crippen LogP contribution in [0.2, 0.25) is 0 Å². The molecule has 2 fully saturated rings. The van der Waals surface area contributed by atoms with Gasteiger partial charge in [-0.3, -0.25) is 9.88 Å². The molecule has 26 heavy (non-hydrogen) atoms. The Morgan fingerprint density at radius 1 is 1.23 bits per heavy atom. The zero-order valence-corrected chi connectivity index (χ0v) is 15.4. The van der Waals surface area contributed by atoms with Crippen LogP contribution >= 0.6 is 0 Å². The molecule has 5 heteroatoms. The highest BCUT2D eigenvalue weighted by atomic mass is 16.5. The van der Waals surface area contributed by atoms with Crippen LogP contribution in [0.1, 0.15) is 24.1 Å². The molecule has 2 aromatic rings. The Morgan fingerprint density at radius 2 is 2.19 bits per heavy atom. The predicted molar refractivity (Wildman–Crippen MR) is 101 cm³/mol. The van der Waals surface area contributed by atoms with Gasteiger partial charge < -0.3 is 14.8 Å². The van der Waals surface area contributed by atoms with Crippen molar-refractivity contribution in [2.45, 2.75) is 26.0 Å². The number of hydrogen-bond acceptors (Lipinski definition) is 5. The molecule has 3 heterocycles. The summed E-state index contributed by atoms with van der Waals surface area (Å²) in [5.41, 5.74) is 2.60. The Morgan fingerprint density at radius 3 is 2.96 bits per heavy atom. The first-order chi connectivity index (χ1) is 12.8. The molecule has 4 rings (SSSR count). The molecule has 1 spiro atoms. The van der Waals surface area contributed by atoms with Crippen molar-refractivity contribution >= 4 is 0 Å². The fourth-order valence-electron chi connectivity index (χ4n) is 4.13. The van der Waals surface area contributed by atoms with Crippen molar-refractivity contribution in [1.29, 1.82) is 0 Å². The summed E-state index contributed by atoms with van der Waals surface area (Å²) < 4.78 is 11.5. The molecular weight excluding hydrogens is 326 g/mol. The summed E-state index contributed by atoms with van der Waals surface area (Å²) in [5, 5.41) is 3.53. The molecule has 0 bridgehead atoms. The van der Waals surface area contributed by atoms with Crippen molar-refractivity contribution in [3.8, 4) is 11.5 Å². The minimum atomic E-state index is 0.480. The van der Waals surface area contributed by atoms with Gasteiger partial charge in [0.25, 0.3) is 0 Å². The molecule has 2 saturated heterocycles. The molecule has 1 N–H and O–H groups in total. The molecule has 0 radical (unpaired) electrons. The second kappa shape index (κ2) is 7.64. The van der Waals surface area contributed by atoms with Gasteiger partial charge in [0.1, 0.15) is 18.1 Å². The largest absolute Gasteiger partial charge is 0.497 e. The minimum Gasteiger partial charge on any atom is -0.497 e. The highest BCUT2D eigenvalue weighted by molar-refractivity contribution is 5.40. The molecular formula is C21H27N3O2. The maximum Gasteiger partial charge on any atom is 0.130 e. The molecule has 0 amide bonds. The molecule has 2 aliphatic heterocycles. The lowest BCUT2D eigenvalue weighted by Crippen LogP contribution is -2.29. The third-order valence-corrected chi connectivity index (χ3v) is 5.61. The van der Waals surface area contributed by atoms with E-state index in [4.69, 9.17) is 9.47 Å². The van der Waals surface area contributed by atoms with Gasteiger partial charge in [0.15, 0.2) is 0 Å². The number of ether oxygens (including phenoxy) is 2. The fourth-order valence-corrected chi connectivity index (χ4v) is 4.13. The summed E-state index contributed by atoms with van der Waals surface area (Å²) in [6, 6.07) is 12.0. The zero-order chi connectivity index (χ0) is 17.8. The first kappa shape index (κ1) is 17.3. The van der Waals surface area contributed by atoms with Crippen molar-refractivity contribution in [2.24, 2.45) is 5.41 Å². The molecule has 2 aliphatic rings. The quantitative estimate of drug-likeness (QED) is 0.865. The highest BCUT2D eigenvalue weighted by Crippen LogP contribution is 2.37. The van der Waals surface area contributed by atoms with Crippen molar-refractivity contribution < 1.29 is 9.47 Å². The number of hydrogen-bond donors (Lipinski definition) is 1. The molecule has 138 valence electrons. The van der Waals surface area contributed by atoms with E-state index in [0.29, 0.717) is 12.0 Å². The lowest BCUT2D eigenvalue weighted by Gasteiger charge is -2.23. The van der Waals surface area contributed by atoms with Crippen LogP contribution in [0, 0.1) is 5.41 Å². The maximum atomic E-state index is 6.09. The Kier molecular flexibility index (Phi) is 5.09.